The molecule has 1 heterocycles. The number of hydrogen-bond acceptors (Lipinski definition) is 4. The second-order valence-electron chi connectivity index (χ2n) is 4.26. The van der Waals surface area contributed by atoms with Gasteiger partial charge in [0.2, 0.25) is 0 Å². The first kappa shape index (κ1) is 16.0. The molecule has 1 aromatic carbocycles. The molecule has 1 aromatic heterocycles. The Balaban J connectivity index is 2.48. The molecule has 0 aliphatic carbocycles. The zero-order chi connectivity index (χ0) is 15.8. The molecule has 3 N–H and O–H groups in total. The largest absolute Gasteiger partial charge is 0.396 e. The van der Waals surface area contributed by atoms with Crippen LogP contribution in [0.25, 0.3) is 0 Å². The van der Waals surface area contributed by atoms with Gasteiger partial charge in [-0.05, 0) is 46.6 Å². The van der Waals surface area contributed by atoms with Crippen LogP contribution in [0, 0.1) is 12.7 Å². The average molecular weight is 395 g/mol. The van der Waals surface area contributed by atoms with Crippen LogP contribution in [0.5, 0.6) is 0 Å². The lowest BCUT2D eigenvalue weighted by molar-refractivity contribution is 0.599. The maximum Gasteiger partial charge on any atom is 0.263 e. The van der Waals surface area contributed by atoms with Crippen LogP contribution in [0.4, 0.5) is 15.8 Å². The molecule has 112 valence electrons. The van der Waals surface area contributed by atoms with Crippen LogP contribution in [0.1, 0.15) is 5.56 Å². The molecule has 0 radical (unpaired) electrons. The molecule has 0 aliphatic heterocycles. The topological polar surface area (TPSA) is 85.1 Å². The highest BCUT2D eigenvalue weighted by molar-refractivity contribution is 9.10. The summed E-state index contributed by atoms with van der Waals surface area (Å²) in [4.78, 5) is 3.66. The molecule has 21 heavy (non-hydrogen) atoms. The zero-order valence-electron chi connectivity index (χ0n) is 10.7. The van der Waals surface area contributed by atoms with E-state index in [0.717, 1.165) is 17.7 Å². The lowest BCUT2D eigenvalue weighted by atomic mass is 10.3. The number of nitrogens with one attached hydrogen (secondary N) is 1. The lowest BCUT2D eigenvalue weighted by Crippen LogP contribution is -2.15. The second-order valence-corrected chi connectivity index (χ2v) is 7.12. The molecule has 2 rings (SSSR count). The van der Waals surface area contributed by atoms with Crippen LogP contribution in [0.15, 0.2) is 33.8 Å². The molecule has 0 spiro atoms. The number of halogens is 3. The van der Waals surface area contributed by atoms with Crippen molar-refractivity contribution in [1.29, 1.82) is 0 Å². The molecule has 0 fully saturated rings. The van der Waals surface area contributed by atoms with Gasteiger partial charge in [0.1, 0.15) is 10.7 Å². The SMILES string of the molecule is Cc1cnc(Cl)c(NS(=O)(=O)c2cc(N)c(F)cc2Br)c1. The zero-order valence-corrected chi connectivity index (χ0v) is 13.9. The monoisotopic (exact) mass is 393 g/mol. The number of sulfonamides is 1. The molecule has 0 atom stereocenters. The van der Waals surface area contributed by atoms with Gasteiger partial charge in [-0.1, -0.05) is 11.6 Å². The van der Waals surface area contributed by atoms with Crippen LogP contribution in [-0.2, 0) is 10.0 Å². The summed E-state index contributed by atoms with van der Waals surface area (Å²) in [5.41, 5.74) is 6.00. The smallest absolute Gasteiger partial charge is 0.263 e. The molecule has 0 bridgehead atoms. The van der Waals surface area contributed by atoms with Crippen molar-refractivity contribution in [3.05, 3.63) is 45.4 Å². The van der Waals surface area contributed by atoms with E-state index in [1.807, 2.05) is 0 Å². The molecular weight excluding hydrogens is 385 g/mol. The van der Waals surface area contributed by atoms with E-state index < -0.39 is 15.8 Å². The number of nitrogens with zero attached hydrogens (tertiary/aromatic N) is 1. The summed E-state index contributed by atoms with van der Waals surface area (Å²) in [6.07, 6.45) is 1.51. The van der Waals surface area contributed by atoms with Gasteiger partial charge in [0.25, 0.3) is 10.0 Å². The van der Waals surface area contributed by atoms with Crippen molar-refractivity contribution < 1.29 is 12.8 Å². The van der Waals surface area contributed by atoms with Crippen LogP contribution >= 0.6 is 27.5 Å². The van der Waals surface area contributed by atoms with Crippen LogP contribution in [-0.4, -0.2) is 13.4 Å². The van der Waals surface area contributed by atoms with Crippen molar-refractivity contribution in [1.82, 2.24) is 4.98 Å². The van der Waals surface area contributed by atoms with Gasteiger partial charge in [-0.15, -0.1) is 0 Å². The summed E-state index contributed by atoms with van der Waals surface area (Å²) >= 11 is 8.85. The molecule has 0 aliphatic rings. The fourth-order valence-electron chi connectivity index (χ4n) is 1.57. The summed E-state index contributed by atoms with van der Waals surface area (Å²) < 4.78 is 40.3. The minimum Gasteiger partial charge on any atom is -0.396 e. The first-order valence-corrected chi connectivity index (χ1v) is 8.25. The minimum absolute atomic E-state index is 0.00961. The highest BCUT2D eigenvalue weighted by atomic mass is 79.9. The lowest BCUT2D eigenvalue weighted by Gasteiger charge is -2.12. The van der Waals surface area contributed by atoms with Gasteiger partial charge in [0.05, 0.1) is 11.4 Å². The van der Waals surface area contributed by atoms with E-state index in [1.165, 1.54) is 12.3 Å². The van der Waals surface area contributed by atoms with Crippen molar-refractivity contribution >= 4 is 48.9 Å². The first-order valence-electron chi connectivity index (χ1n) is 5.60. The predicted octanol–water partition coefficient (Wildman–Crippen LogP) is 3.33. The van der Waals surface area contributed by atoms with Gasteiger partial charge >= 0.3 is 0 Å². The molecule has 9 heteroatoms. The van der Waals surface area contributed by atoms with E-state index in [0.29, 0.717) is 0 Å². The molecule has 2 aromatic rings. The summed E-state index contributed by atoms with van der Waals surface area (Å²) in [6, 6.07) is 3.55. The number of benzene rings is 1. The molecule has 0 saturated carbocycles. The van der Waals surface area contributed by atoms with Crippen LogP contribution < -0.4 is 10.5 Å². The highest BCUT2D eigenvalue weighted by Crippen LogP contribution is 2.30. The maximum atomic E-state index is 13.3. The van der Waals surface area contributed by atoms with Crippen molar-refractivity contribution in [3.8, 4) is 0 Å². The summed E-state index contributed by atoms with van der Waals surface area (Å²) in [5.74, 6) is -0.712. The maximum absolute atomic E-state index is 13.3. The fraction of sp³-hybridized carbons (Fsp3) is 0.0833. The number of rotatable bonds is 3. The van der Waals surface area contributed by atoms with Crippen molar-refractivity contribution in [2.45, 2.75) is 11.8 Å². The number of aryl methyl sites for hydroxylation is 1. The number of nitrogens with two attached hydrogens (primary N) is 1. The van der Waals surface area contributed by atoms with Gasteiger partial charge in [0, 0.05) is 10.7 Å². The third kappa shape index (κ3) is 3.45. The van der Waals surface area contributed by atoms with Crippen molar-refractivity contribution in [3.63, 3.8) is 0 Å². The van der Waals surface area contributed by atoms with E-state index in [1.54, 1.807) is 6.92 Å². The van der Waals surface area contributed by atoms with E-state index >= 15 is 0 Å². The van der Waals surface area contributed by atoms with Gasteiger partial charge < -0.3 is 5.73 Å². The normalized spacial score (nSPS) is 11.4. The Morgan fingerprint density at radius 3 is 2.71 bits per heavy atom. The Labute approximate surface area is 134 Å². The van der Waals surface area contributed by atoms with Gasteiger partial charge in [-0.2, -0.15) is 0 Å². The van der Waals surface area contributed by atoms with Crippen LogP contribution in [0.2, 0.25) is 5.15 Å². The molecule has 0 amide bonds. The number of hydrogen-bond donors (Lipinski definition) is 2. The molecular formula is C12H10BrClFN3O2S. The summed E-state index contributed by atoms with van der Waals surface area (Å²) in [6.45, 7) is 1.74. The average Bonchev–Trinajstić information content (AvgIpc) is 2.37. The summed E-state index contributed by atoms with van der Waals surface area (Å²) in [7, 11) is -3.99. The van der Waals surface area contributed by atoms with E-state index in [9.17, 15) is 12.8 Å². The Bertz CT molecular complexity index is 814. The second kappa shape index (κ2) is 5.78. The van der Waals surface area contributed by atoms with Gasteiger partial charge in [0.15, 0.2) is 5.15 Å². The van der Waals surface area contributed by atoms with E-state index in [-0.39, 0.29) is 25.9 Å². The quantitative estimate of drug-likeness (QED) is 0.618. The standard InChI is InChI=1S/C12H10BrClFN3O2S/c1-6-2-10(12(14)17-5-6)18-21(19,20)11-4-9(16)8(15)3-7(11)13/h2-5,18H,16H2,1H3. The number of anilines is 2. The van der Waals surface area contributed by atoms with Crippen LogP contribution in [0.3, 0.4) is 0 Å². The molecule has 0 saturated heterocycles. The Morgan fingerprint density at radius 2 is 2.05 bits per heavy atom. The number of aromatic nitrogens is 1. The first-order chi connectivity index (χ1) is 9.70. The van der Waals surface area contributed by atoms with Crippen molar-refractivity contribution in [2.75, 3.05) is 10.5 Å². The van der Waals surface area contributed by atoms with E-state index in [2.05, 4.69) is 25.6 Å². The molecule has 0 unspecified atom stereocenters. The fourth-order valence-corrected chi connectivity index (χ4v) is 3.89. The third-order valence-corrected chi connectivity index (χ3v) is 5.19. The number of pyridine rings is 1. The Kier molecular flexibility index (Phi) is 4.40. The minimum atomic E-state index is -3.99. The highest BCUT2D eigenvalue weighted by Gasteiger charge is 2.21. The third-order valence-electron chi connectivity index (χ3n) is 2.56. The van der Waals surface area contributed by atoms with Crippen molar-refractivity contribution in [2.24, 2.45) is 0 Å². The van der Waals surface area contributed by atoms with Gasteiger partial charge in [-0.3, -0.25) is 4.72 Å². The Hall–Kier alpha value is -1.38. The van der Waals surface area contributed by atoms with Gasteiger partial charge in [-0.25, -0.2) is 17.8 Å². The molecule has 5 nitrogen and oxygen atoms in total. The Morgan fingerprint density at radius 1 is 1.38 bits per heavy atom. The summed E-state index contributed by atoms with van der Waals surface area (Å²) in [5, 5.41) is 0.00961. The van der Waals surface area contributed by atoms with E-state index in [4.69, 9.17) is 17.3 Å². The number of nitrogen functional groups attached to an aromatic ring is 1. The predicted molar refractivity (Wildman–Crippen MR) is 83.3 cm³/mol.